The Labute approximate surface area is 90.5 Å². The Kier molecular flexibility index (Phi) is 4.28. The summed E-state index contributed by atoms with van der Waals surface area (Å²) >= 11 is 0. The minimum atomic E-state index is -0.110. The van der Waals surface area contributed by atoms with Crippen LogP contribution in [0.2, 0.25) is 0 Å². The summed E-state index contributed by atoms with van der Waals surface area (Å²) in [6.07, 6.45) is 7.18. The maximum atomic E-state index is 11.5. The van der Waals surface area contributed by atoms with E-state index in [0.717, 1.165) is 11.9 Å². The number of carbonyl (C=O) groups is 2. The van der Waals surface area contributed by atoms with E-state index < -0.39 is 0 Å². The van der Waals surface area contributed by atoms with Crippen molar-refractivity contribution < 1.29 is 9.59 Å². The van der Waals surface area contributed by atoms with Gasteiger partial charge in [0.25, 0.3) is 0 Å². The number of hydrogen-bond donors (Lipinski definition) is 0. The van der Waals surface area contributed by atoms with E-state index in [1.165, 1.54) is 0 Å². The van der Waals surface area contributed by atoms with Crippen molar-refractivity contribution in [1.29, 1.82) is 0 Å². The fourth-order valence-corrected chi connectivity index (χ4v) is 1.72. The summed E-state index contributed by atoms with van der Waals surface area (Å²) in [6.45, 7) is 5.08. The topological polar surface area (TPSA) is 37.4 Å². The van der Waals surface area contributed by atoms with Crippen molar-refractivity contribution in [3.05, 3.63) is 23.8 Å². The molecule has 0 saturated carbocycles. The van der Waals surface area contributed by atoms with Crippen molar-refractivity contribution in [3.8, 4) is 0 Å². The third-order valence-electron chi connectivity index (χ3n) is 2.56. The van der Waals surface area contributed by atoms with Gasteiger partial charge in [-0.2, -0.15) is 0 Å². The Bertz CT molecular complexity index is 305. The first kappa shape index (κ1) is 11.7. The van der Waals surface area contributed by atoms with Gasteiger partial charge in [0, 0.05) is 25.4 Å². The monoisotopic (exact) mass is 207 g/mol. The highest BCUT2D eigenvalue weighted by molar-refractivity contribution is 5.82. The van der Waals surface area contributed by atoms with Crippen LogP contribution in [0.1, 0.15) is 20.3 Å². The average molecular weight is 207 g/mol. The number of rotatable bonds is 4. The van der Waals surface area contributed by atoms with Gasteiger partial charge in [0.1, 0.15) is 6.29 Å². The van der Waals surface area contributed by atoms with E-state index >= 15 is 0 Å². The van der Waals surface area contributed by atoms with Gasteiger partial charge in [-0.15, -0.1) is 0 Å². The van der Waals surface area contributed by atoms with Crippen LogP contribution in [0.3, 0.4) is 0 Å². The highest BCUT2D eigenvalue weighted by atomic mass is 16.2. The van der Waals surface area contributed by atoms with Gasteiger partial charge < -0.3 is 9.69 Å². The minimum absolute atomic E-state index is 0.0796. The maximum absolute atomic E-state index is 11.5. The molecule has 1 unspecified atom stereocenters. The third-order valence-corrected chi connectivity index (χ3v) is 2.56. The third kappa shape index (κ3) is 3.05. The lowest BCUT2D eigenvalue weighted by molar-refractivity contribution is -0.127. The smallest absolute Gasteiger partial charge is 0.223 e. The van der Waals surface area contributed by atoms with Crippen molar-refractivity contribution in [3.63, 3.8) is 0 Å². The highest BCUT2D eigenvalue weighted by Crippen LogP contribution is 2.17. The molecule has 1 rings (SSSR count). The molecule has 0 aliphatic carbocycles. The van der Waals surface area contributed by atoms with Gasteiger partial charge in [0.05, 0.1) is 0 Å². The molecule has 15 heavy (non-hydrogen) atoms. The standard InChI is InChI=1S/C12H17NO2/c1-3-5-10(4-2)7-13-8-11(9-14)6-12(13)15/h3-5,9,11H,6-8H2,1-2H3/b5-3-,10-4+. The van der Waals surface area contributed by atoms with Crippen LogP contribution in [-0.4, -0.2) is 30.2 Å². The Hall–Kier alpha value is -1.38. The van der Waals surface area contributed by atoms with Crippen LogP contribution in [-0.2, 0) is 9.59 Å². The molecule has 1 aliphatic rings. The summed E-state index contributed by atoms with van der Waals surface area (Å²) in [5.41, 5.74) is 1.11. The minimum Gasteiger partial charge on any atom is -0.338 e. The van der Waals surface area contributed by atoms with Gasteiger partial charge >= 0.3 is 0 Å². The second kappa shape index (κ2) is 5.49. The van der Waals surface area contributed by atoms with Crippen LogP contribution in [0.5, 0.6) is 0 Å². The summed E-state index contributed by atoms with van der Waals surface area (Å²) in [7, 11) is 0. The second-order valence-electron chi connectivity index (χ2n) is 3.74. The number of likely N-dealkylation sites (tertiary alicyclic amines) is 1. The zero-order valence-corrected chi connectivity index (χ0v) is 9.27. The first-order chi connectivity index (χ1) is 7.21. The number of aldehydes is 1. The molecule has 0 aromatic heterocycles. The molecule has 1 fully saturated rings. The van der Waals surface area contributed by atoms with Gasteiger partial charge in [-0.25, -0.2) is 0 Å². The Balaban J connectivity index is 2.59. The number of nitrogens with zero attached hydrogens (tertiary/aromatic N) is 1. The van der Waals surface area contributed by atoms with Gasteiger partial charge in [-0.3, -0.25) is 4.79 Å². The molecule has 0 radical (unpaired) electrons. The number of carbonyl (C=O) groups excluding carboxylic acids is 2. The molecule has 82 valence electrons. The van der Waals surface area contributed by atoms with E-state index in [1.807, 2.05) is 32.1 Å². The van der Waals surface area contributed by atoms with Crippen LogP contribution < -0.4 is 0 Å². The van der Waals surface area contributed by atoms with Crippen LogP contribution in [0.4, 0.5) is 0 Å². The molecule has 0 bridgehead atoms. The summed E-state index contributed by atoms with van der Waals surface area (Å²) in [5.74, 6) is -0.0304. The van der Waals surface area contributed by atoms with Crippen LogP contribution >= 0.6 is 0 Å². The quantitative estimate of drug-likeness (QED) is 0.518. The predicted molar refractivity (Wildman–Crippen MR) is 59.3 cm³/mol. The number of allylic oxidation sites excluding steroid dienone is 2. The molecule has 1 aliphatic heterocycles. The van der Waals surface area contributed by atoms with Crippen molar-refractivity contribution >= 4 is 12.2 Å². The lowest BCUT2D eigenvalue weighted by atomic mass is 10.1. The lowest BCUT2D eigenvalue weighted by Gasteiger charge is -2.16. The summed E-state index contributed by atoms with van der Waals surface area (Å²) in [4.78, 5) is 23.8. The number of hydrogen-bond acceptors (Lipinski definition) is 2. The van der Waals surface area contributed by atoms with Crippen molar-refractivity contribution in [2.75, 3.05) is 13.1 Å². The number of amides is 1. The zero-order valence-electron chi connectivity index (χ0n) is 9.27. The van der Waals surface area contributed by atoms with E-state index in [-0.39, 0.29) is 11.8 Å². The average Bonchev–Trinajstić information content (AvgIpc) is 2.59. The molecule has 0 N–H and O–H groups in total. The van der Waals surface area contributed by atoms with Gasteiger partial charge in [0.15, 0.2) is 0 Å². The molecule has 0 spiro atoms. The largest absolute Gasteiger partial charge is 0.338 e. The van der Waals surface area contributed by atoms with Crippen molar-refractivity contribution in [1.82, 2.24) is 4.90 Å². The Morgan fingerprint density at radius 3 is 2.73 bits per heavy atom. The molecular weight excluding hydrogens is 190 g/mol. The molecule has 3 nitrogen and oxygen atoms in total. The van der Waals surface area contributed by atoms with Crippen LogP contribution in [0, 0.1) is 5.92 Å². The predicted octanol–water partition coefficient (Wildman–Crippen LogP) is 1.56. The molecule has 1 saturated heterocycles. The maximum Gasteiger partial charge on any atom is 0.223 e. The molecule has 3 heteroatoms. The SMILES string of the molecule is C/C=C\C(=C/C)CN1CC(C=O)CC1=O. The Morgan fingerprint density at radius 2 is 2.27 bits per heavy atom. The van der Waals surface area contributed by atoms with Crippen molar-refractivity contribution in [2.45, 2.75) is 20.3 Å². The van der Waals surface area contributed by atoms with E-state index in [1.54, 1.807) is 4.90 Å². The Morgan fingerprint density at radius 1 is 1.53 bits per heavy atom. The highest BCUT2D eigenvalue weighted by Gasteiger charge is 2.28. The van der Waals surface area contributed by atoms with Crippen LogP contribution in [0.15, 0.2) is 23.8 Å². The zero-order chi connectivity index (χ0) is 11.3. The molecule has 0 aromatic carbocycles. The van der Waals surface area contributed by atoms with E-state index in [2.05, 4.69) is 0 Å². The molecular formula is C12H17NO2. The molecule has 1 heterocycles. The first-order valence-corrected chi connectivity index (χ1v) is 5.22. The fraction of sp³-hybridized carbons (Fsp3) is 0.500. The van der Waals surface area contributed by atoms with E-state index in [9.17, 15) is 9.59 Å². The lowest BCUT2D eigenvalue weighted by Crippen LogP contribution is -2.27. The van der Waals surface area contributed by atoms with Gasteiger partial charge in [0.2, 0.25) is 5.91 Å². The summed E-state index contributed by atoms with van der Waals surface area (Å²) < 4.78 is 0. The summed E-state index contributed by atoms with van der Waals surface area (Å²) in [6, 6.07) is 0. The molecule has 0 aromatic rings. The van der Waals surface area contributed by atoms with Gasteiger partial charge in [-0.1, -0.05) is 18.2 Å². The fourth-order valence-electron chi connectivity index (χ4n) is 1.72. The van der Waals surface area contributed by atoms with Crippen LogP contribution in [0.25, 0.3) is 0 Å². The normalized spacial score (nSPS) is 22.8. The second-order valence-corrected chi connectivity index (χ2v) is 3.74. The van der Waals surface area contributed by atoms with Crippen molar-refractivity contribution in [2.24, 2.45) is 5.92 Å². The summed E-state index contributed by atoms with van der Waals surface area (Å²) in [5, 5.41) is 0. The van der Waals surface area contributed by atoms with E-state index in [4.69, 9.17) is 0 Å². The van der Waals surface area contributed by atoms with Gasteiger partial charge in [-0.05, 0) is 19.4 Å². The first-order valence-electron chi connectivity index (χ1n) is 5.22. The molecule has 1 amide bonds. The van der Waals surface area contributed by atoms with E-state index in [0.29, 0.717) is 19.5 Å². The molecule has 1 atom stereocenters.